The Balaban J connectivity index is 1.48. The van der Waals surface area contributed by atoms with Crippen LogP contribution < -0.4 is 4.74 Å². The van der Waals surface area contributed by atoms with E-state index in [2.05, 4.69) is 0 Å². The van der Waals surface area contributed by atoms with E-state index in [0.717, 1.165) is 23.3 Å². The maximum atomic E-state index is 13.0. The van der Waals surface area contributed by atoms with Crippen LogP contribution >= 0.6 is 0 Å². The van der Waals surface area contributed by atoms with E-state index in [9.17, 15) is 27.6 Å². The number of fused-ring (bicyclic) bond motifs is 1. The lowest BCUT2D eigenvalue weighted by molar-refractivity contribution is -0.137. The summed E-state index contributed by atoms with van der Waals surface area (Å²) >= 11 is 0. The number of rotatable bonds is 6. The van der Waals surface area contributed by atoms with Crippen LogP contribution in [0.25, 0.3) is 11.1 Å². The van der Waals surface area contributed by atoms with E-state index in [4.69, 9.17) is 4.74 Å². The average Bonchev–Trinajstić information content (AvgIpc) is 2.87. The van der Waals surface area contributed by atoms with Crippen LogP contribution in [0.5, 0.6) is 5.75 Å². The van der Waals surface area contributed by atoms with Gasteiger partial charge >= 0.3 is 12.1 Å². The zero-order valence-corrected chi connectivity index (χ0v) is 20.5. The lowest BCUT2D eigenvalue weighted by Gasteiger charge is -2.29. The Labute approximate surface area is 212 Å². The number of amides is 1. The predicted octanol–water partition coefficient (Wildman–Crippen LogP) is 6.09. The minimum absolute atomic E-state index is 0.0166. The van der Waals surface area contributed by atoms with E-state index in [1.807, 2.05) is 6.07 Å². The standard InChI is InChI=1S/C29H26F3NO4/c1-18(19(2)34)15-27(35)33-14-13-21-16-24(12-9-22(21)17-33)37-28(36)26-6-4-3-5-25(26)20-7-10-23(11-8-20)29(30,31)32/h3-12,16,18H,13-15,17H2,1-2H3. The number of Topliss-reactive ketones (excluding diaryl/α,β-unsaturated/α-hetero) is 1. The summed E-state index contributed by atoms with van der Waals surface area (Å²) in [6.07, 6.45) is -3.68. The minimum Gasteiger partial charge on any atom is -0.423 e. The van der Waals surface area contributed by atoms with Gasteiger partial charge in [0.25, 0.3) is 0 Å². The first kappa shape index (κ1) is 26.1. The highest BCUT2D eigenvalue weighted by Gasteiger charge is 2.30. The van der Waals surface area contributed by atoms with Crippen molar-refractivity contribution >= 4 is 17.7 Å². The van der Waals surface area contributed by atoms with Crippen molar-refractivity contribution in [2.24, 2.45) is 5.92 Å². The monoisotopic (exact) mass is 509 g/mol. The number of esters is 1. The van der Waals surface area contributed by atoms with Gasteiger partial charge in [-0.2, -0.15) is 13.2 Å². The molecule has 1 unspecified atom stereocenters. The zero-order valence-electron chi connectivity index (χ0n) is 20.5. The van der Waals surface area contributed by atoms with Gasteiger partial charge in [0.05, 0.1) is 11.1 Å². The molecule has 5 nitrogen and oxygen atoms in total. The molecular weight excluding hydrogens is 483 g/mol. The summed E-state index contributed by atoms with van der Waals surface area (Å²) in [7, 11) is 0. The van der Waals surface area contributed by atoms with E-state index in [1.165, 1.54) is 19.1 Å². The molecule has 1 atom stereocenters. The van der Waals surface area contributed by atoms with E-state index in [0.29, 0.717) is 36.4 Å². The Morgan fingerprint density at radius 3 is 2.35 bits per heavy atom. The summed E-state index contributed by atoms with van der Waals surface area (Å²) in [6, 6.07) is 16.5. The molecule has 0 radical (unpaired) electrons. The van der Waals surface area contributed by atoms with Gasteiger partial charge in [-0.1, -0.05) is 43.3 Å². The molecule has 8 heteroatoms. The molecule has 1 aliphatic rings. The molecule has 0 fully saturated rings. The number of hydrogen-bond donors (Lipinski definition) is 0. The van der Waals surface area contributed by atoms with Gasteiger partial charge in [-0.15, -0.1) is 0 Å². The molecule has 4 rings (SSSR count). The molecule has 0 N–H and O–H groups in total. The van der Waals surface area contributed by atoms with Crippen LogP contribution in [0.2, 0.25) is 0 Å². The highest BCUT2D eigenvalue weighted by Crippen LogP contribution is 2.32. The highest BCUT2D eigenvalue weighted by atomic mass is 19.4. The zero-order chi connectivity index (χ0) is 26.7. The molecule has 0 aromatic heterocycles. The number of ether oxygens (including phenoxy) is 1. The van der Waals surface area contributed by atoms with E-state index >= 15 is 0 Å². The third-order valence-electron chi connectivity index (χ3n) is 6.60. The summed E-state index contributed by atoms with van der Waals surface area (Å²) in [5.74, 6) is -0.681. The largest absolute Gasteiger partial charge is 0.423 e. The van der Waals surface area contributed by atoms with E-state index < -0.39 is 17.7 Å². The number of benzene rings is 3. The second-order valence-electron chi connectivity index (χ2n) is 9.22. The first-order chi connectivity index (χ1) is 17.5. The number of ketones is 1. The number of carbonyl (C=O) groups excluding carboxylic acids is 3. The van der Waals surface area contributed by atoms with Crippen molar-refractivity contribution in [1.29, 1.82) is 0 Å². The number of nitrogens with zero attached hydrogens (tertiary/aromatic N) is 1. The summed E-state index contributed by atoms with van der Waals surface area (Å²) in [4.78, 5) is 38.8. The number of carbonyl (C=O) groups is 3. The van der Waals surface area contributed by atoms with Crippen LogP contribution in [0.4, 0.5) is 13.2 Å². The Bertz CT molecular complexity index is 1330. The maximum Gasteiger partial charge on any atom is 0.416 e. The summed E-state index contributed by atoms with van der Waals surface area (Å²) in [5.41, 5.74) is 2.31. The molecule has 1 amide bonds. The smallest absolute Gasteiger partial charge is 0.416 e. The quantitative estimate of drug-likeness (QED) is 0.298. The average molecular weight is 510 g/mol. The van der Waals surface area contributed by atoms with Gasteiger partial charge in [0.1, 0.15) is 11.5 Å². The Kier molecular flexibility index (Phi) is 7.47. The van der Waals surface area contributed by atoms with Gasteiger partial charge in [-0.3, -0.25) is 9.59 Å². The minimum atomic E-state index is -4.44. The third kappa shape index (κ3) is 6.07. The van der Waals surface area contributed by atoms with Crippen LogP contribution in [0.3, 0.4) is 0 Å². The fourth-order valence-electron chi connectivity index (χ4n) is 4.25. The molecule has 0 saturated carbocycles. The lowest BCUT2D eigenvalue weighted by atomic mass is 9.97. The first-order valence-electron chi connectivity index (χ1n) is 11.9. The molecular formula is C29H26F3NO4. The summed E-state index contributed by atoms with van der Waals surface area (Å²) in [5, 5.41) is 0. The SMILES string of the molecule is CC(=O)C(C)CC(=O)N1CCc2cc(OC(=O)c3ccccc3-c3ccc(C(F)(F)F)cc3)ccc2C1. The first-order valence-corrected chi connectivity index (χ1v) is 11.9. The van der Waals surface area contributed by atoms with Gasteiger partial charge < -0.3 is 9.64 Å². The molecule has 0 aliphatic carbocycles. The molecule has 0 bridgehead atoms. The highest BCUT2D eigenvalue weighted by molar-refractivity contribution is 5.98. The number of halogens is 3. The second-order valence-corrected chi connectivity index (χ2v) is 9.22. The van der Waals surface area contributed by atoms with Crippen molar-refractivity contribution < 1.29 is 32.3 Å². The molecule has 0 spiro atoms. The fourth-order valence-corrected chi connectivity index (χ4v) is 4.25. The van der Waals surface area contributed by atoms with Crippen molar-refractivity contribution in [2.75, 3.05) is 6.54 Å². The van der Waals surface area contributed by atoms with Gasteiger partial charge in [-0.05, 0) is 65.9 Å². The lowest BCUT2D eigenvalue weighted by Crippen LogP contribution is -2.37. The molecule has 3 aromatic carbocycles. The third-order valence-corrected chi connectivity index (χ3v) is 6.60. The molecule has 0 saturated heterocycles. The van der Waals surface area contributed by atoms with Crippen LogP contribution in [0, 0.1) is 5.92 Å². The van der Waals surface area contributed by atoms with Crippen molar-refractivity contribution in [2.45, 2.75) is 39.4 Å². The topological polar surface area (TPSA) is 63.7 Å². The Morgan fingerprint density at radius 1 is 0.973 bits per heavy atom. The second kappa shape index (κ2) is 10.6. The predicted molar refractivity (Wildman–Crippen MR) is 132 cm³/mol. The summed E-state index contributed by atoms with van der Waals surface area (Å²) in [6.45, 7) is 4.15. The molecule has 1 aliphatic heterocycles. The molecule has 192 valence electrons. The molecule has 37 heavy (non-hydrogen) atoms. The van der Waals surface area contributed by atoms with E-state index in [1.54, 1.807) is 48.2 Å². The van der Waals surface area contributed by atoms with E-state index in [-0.39, 0.29) is 29.6 Å². The number of alkyl halides is 3. The fraction of sp³-hybridized carbons (Fsp3) is 0.276. The Morgan fingerprint density at radius 2 is 1.68 bits per heavy atom. The van der Waals surface area contributed by atoms with Crippen molar-refractivity contribution in [3.63, 3.8) is 0 Å². The maximum absolute atomic E-state index is 13.0. The van der Waals surface area contributed by atoms with Crippen molar-refractivity contribution in [3.05, 3.63) is 89.0 Å². The van der Waals surface area contributed by atoms with Gasteiger partial charge in [-0.25, -0.2) is 4.79 Å². The summed E-state index contributed by atoms with van der Waals surface area (Å²) < 4.78 is 44.4. The van der Waals surface area contributed by atoms with Crippen LogP contribution in [0.15, 0.2) is 66.7 Å². The number of hydrogen-bond acceptors (Lipinski definition) is 4. The molecule has 1 heterocycles. The van der Waals surface area contributed by atoms with Crippen molar-refractivity contribution in [3.8, 4) is 16.9 Å². The van der Waals surface area contributed by atoms with Gasteiger partial charge in [0.15, 0.2) is 0 Å². The molecule has 3 aromatic rings. The van der Waals surface area contributed by atoms with Gasteiger partial charge in [0.2, 0.25) is 5.91 Å². The van der Waals surface area contributed by atoms with Gasteiger partial charge in [0, 0.05) is 25.4 Å². The van der Waals surface area contributed by atoms with Crippen LogP contribution in [-0.2, 0) is 28.7 Å². The van der Waals surface area contributed by atoms with Crippen molar-refractivity contribution in [1.82, 2.24) is 4.90 Å². The normalized spacial score (nSPS) is 14.0. The Hall–Kier alpha value is -3.94. The van der Waals surface area contributed by atoms with Crippen LogP contribution in [-0.4, -0.2) is 29.1 Å². The van der Waals surface area contributed by atoms with Crippen LogP contribution in [0.1, 0.15) is 47.3 Å².